The van der Waals surface area contributed by atoms with Gasteiger partial charge in [-0.05, 0) is 49.2 Å². The van der Waals surface area contributed by atoms with Gasteiger partial charge in [-0.2, -0.15) is 4.98 Å². The van der Waals surface area contributed by atoms with Crippen molar-refractivity contribution in [3.8, 4) is 5.75 Å². The fourth-order valence-electron chi connectivity index (χ4n) is 3.30. The lowest BCUT2D eigenvalue weighted by molar-refractivity contribution is 0.410. The highest BCUT2D eigenvalue weighted by molar-refractivity contribution is 5.90. The number of ether oxygens (including phenoxy) is 1. The van der Waals surface area contributed by atoms with E-state index in [1.165, 1.54) is 11.1 Å². The number of aromatic nitrogens is 2. The van der Waals surface area contributed by atoms with Crippen LogP contribution in [0.3, 0.4) is 0 Å². The van der Waals surface area contributed by atoms with E-state index in [0.717, 1.165) is 33.7 Å². The Hall–Kier alpha value is -3.60. The Morgan fingerprint density at radius 3 is 2.52 bits per heavy atom. The molecule has 0 saturated heterocycles. The van der Waals surface area contributed by atoms with Crippen LogP contribution in [0.1, 0.15) is 16.7 Å². The molecular weight excluding hydrogens is 360 g/mol. The van der Waals surface area contributed by atoms with Crippen LogP contribution in [-0.4, -0.2) is 17.1 Å². The van der Waals surface area contributed by atoms with Crippen molar-refractivity contribution in [3.63, 3.8) is 0 Å². The van der Waals surface area contributed by atoms with Crippen LogP contribution in [0.25, 0.3) is 10.9 Å². The quantitative estimate of drug-likeness (QED) is 0.452. The molecule has 0 aliphatic carbocycles. The number of anilines is 3. The zero-order valence-corrected chi connectivity index (χ0v) is 16.9. The molecule has 0 atom stereocenters. The summed E-state index contributed by atoms with van der Waals surface area (Å²) < 4.78 is 5.46. The second-order valence-corrected chi connectivity index (χ2v) is 6.95. The summed E-state index contributed by atoms with van der Waals surface area (Å²) in [6.45, 7) is 4.80. The van der Waals surface area contributed by atoms with Crippen molar-refractivity contribution in [2.45, 2.75) is 20.4 Å². The Morgan fingerprint density at radius 2 is 1.66 bits per heavy atom. The zero-order chi connectivity index (χ0) is 20.2. The van der Waals surface area contributed by atoms with Crippen LogP contribution in [0.4, 0.5) is 17.5 Å². The molecule has 4 rings (SSSR count). The number of fused-ring (bicyclic) bond motifs is 1. The molecule has 4 aromatic rings. The summed E-state index contributed by atoms with van der Waals surface area (Å²) >= 11 is 0. The number of para-hydroxylation sites is 2. The van der Waals surface area contributed by atoms with E-state index in [1.807, 2.05) is 60.7 Å². The van der Waals surface area contributed by atoms with Crippen molar-refractivity contribution in [2.24, 2.45) is 0 Å². The third-order valence-corrected chi connectivity index (χ3v) is 5.09. The molecule has 0 aliphatic rings. The first-order valence-electron chi connectivity index (χ1n) is 9.61. The minimum Gasteiger partial charge on any atom is -0.496 e. The van der Waals surface area contributed by atoms with E-state index in [-0.39, 0.29) is 0 Å². The third-order valence-electron chi connectivity index (χ3n) is 5.09. The molecule has 0 aliphatic heterocycles. The van der Waals surface area contributed by atoms with Crippen molar-refractivity contribution >= 4 is 28.4 Å². The standard InChI is InChI=1S/C24H24N4O/c1-16-9-8-13-20(17(16)2)26-24-27-21-12-6-5-11-19(21)23(28-24)25-15-18-10-4-7-14-22(18)29-3/h4-14H,15H2,1-3H3,(H2,25,26,27,28). The molecule has 0 spiro atoms. The minimum atomic E-state index is 0.569. The van der Waals surface area contributed by atoms with Crippen LogP contribution in [0, 0.1) is 13.8 Å². The maximum absolute atomic E-state index is 5.46. The lowest BCUT2D eigenvalue weighted by atomic mass is 10.1. The molecule has 2 N–H and O–H groups in total. The summed E-state index contributed by atoms with van der Waals surface area (Å²) in [6, 6.07) is 22.2. The van der Waals surface area contributed by atoms with Gasteiger partial charge >= 0.3 is 0 Å². The number of nitrogens with one attached hydrogen (secondary N) is 2. The van der Waals surface area contributed by atoms with Gasteiger partial charge in [0.1, 0.15) is 11.6 Å². The van der Waals surface area contributed by atoms with Gasteiger partial charge in [-0.15, -0.1) is 0 Å². The first kappa shape index (κ1) is 18.7. The third kappa shape index (κ3) is 3.99. The Kier molecular flexibility index (Phi) is 5.29. The predicted molar refractivity (Wildman–Crippen MR) is 119 cm³/mol. The van der Waals surface area contributed by atoms with Crippen molar-refractivity contribution < 1.29 is 4.74 Å². The molecule has 5 heteroatoms. The summed E-state index contributed by atoms with van der Waals surface area (Å²) in [5, 5.41) is 7.82. The van der Waals surface area contributed by atoms with E-state index in [1.54, 1.807) is 7.11 Å². The van der Waals surface area contributed by atoms with Gasteiger partial charge in [-0.25, -0.2) is 4.98 Å². The van der Waals surface area contributed by atoms with Gasteiger partial charge in [0.2, 0.25) is 5.95 Å². The van der Waals surface area contributed by atoms with Gasteiger partial charge in [-0.3, -0.25) is 0 Å². The average Bonchev–Trinajstić information content (AvgIpc) is 2.75. The van der Waals surface area contributed by atoms with E-state index >= 15 is 0 Å². The molecular formula is C24H24N4O. The number of hydrogen-bond donors (Lipinski definition) is 2. The van der Waals surface area contributed by atoms with E-state index in [0.29, 0.717) is 12.5 Å². The molecule has 146 valence electrons. The highest BCUT2D eigenvalue weighted by Crippen LogP contribution is 2.27. The lowest BCUT2D eigenvalue weighted by Crippen LogP contribution is -2.07. The molecule has 5 nitrogen and oxygen atoms in total. The fourth-order valence-corrected chi connectivity index (χ4v) is 3.30. The normalized spacial score (nSPS) is 10.7. The van der Waals surface area contributed by atoms with Crippen molar-refractivity contribution in [1.82, 2.24) is 9.97 Å². The SMILES string of the molecule is COc1ccccc1CNc1nc(Nc2cccc(C)c2C)nc2ccccc12. The second-order valence-electron chi connectivity index (χ2n) is 6.95. The highest BCUT2D eigenvalue weighted by Gasteiger charge is 2.10. The van der Waals surface area contributed by atoms with E-state index in [4.69, 9.17) is 14.7 Å². The van der Waals surface area contributed by atoms with Crippen LogP contribution in [0.15, 0.2) is 66.7 Å². The lowest BCUT2D eigenvalue weighted by Gasteiger charge is -2.14. The summed E-state index contributed by atoms with van der Waals surface area (Å²) in [5.41, 5.74) is 5.38. The molecule has 0 unspecified atom stereocenters. The van der Waals surface area contributed by atoms with E-state index in [2.05, 4.69) is 30.5 Å². The summed E-state index contributed by atoms with van der Waals surface area (Å²) in [6.07, 6.45) is 0. The number of nitrogens with zero attached hydrogens (tertiary/aromatic N) is 2. The van der Waals surface area contributed by atoms with Gasteiger partial charge < -0.3 is 15.4 Å². The maximum atomic E-state index is 5.46. The Morgan fingerprint density at radius 1 is 0.862 bits per heavy atom. The number of aryl methyl sites for hydroxylation is 1. The predicted octanol–water partition coefficient (Wildman–Crippen LogP) is 5.61. The number of hydrogen-bond acceptors (Lipinski definition) is 5. The van der Waals surface area contributed by atoms with Crippen LogP contribution in [0.5, 0.6) is 5.75 Å². The van der Waals surface area contributed by atoms with Crippen LogP contribution in [-0.2, 0) is 6.54 Å². The number of rotatable bonds is 6. The Labute approximate surface area is 170 Å². The van der Waals surface area contributed by atoms with Gasteiger partial charge in [0.25, 0.3) is 0 Å². The molecule has 0 amide bonds. The van der Waals surface area contributed by atoms with Gasteiger partial charge in [0.05, 0.1) is 12.6 Å². The molecule has 0 radical (unpaired) electrons. The molecule has 0 saturated carbocycles. The number of methoxy groups -OCH3 is 1. The first-order valence-corrected chi connectivity index (χ1v) is 9.61. The van der Waals surface area contributed by atoms with Crippen LogP contribution in [0.2, 0.25) is 0 Å². The molecule has 1 heterocycles. The average molecular weight is 384 g/mol. The minimum absolute atomic E-state index is 0.569. The molecule has 0 bridgehead atoms. The van der Waals surface area contributed by atoms with Crippen LogP contribution >= 0.6 is 0 Å². The zero-order valence-electron chi connectivity index (χ0n) is 16.9. The number of benzene rings is 3. The van der Waals surface area contributed by atoms with Crippen molar-refractivity contribution in [1.29, 1.82) is 0 Å². The first-order chi connectivity index (χ1) is 14.2. The summed E-state index contributed by atoms with van der Waals surface area (Å²) in [7, 11) is 1.69. The van der Waals surface area contributed by atoms with Crippen LogP contribution < -0.4 is 15.4 Å². The van der Waals surface area contributed by atoms with Gasteiger partial charge in [0, 0.05) is 23.2 Å². The summed E-state index contributed by atoms with van der Waals surface area (Å²) in [5.74, 6) is 2.21. The van der Waals surface area contributed by atoms with E-state index < -0.39 is 0 Å². The Bertz CT molecular complexity index is 1160. The summed E-state index contributed by atoms with van der Waals surface area (Å²) in [4.78, 5) is 9.47. The molecule has 0 fully saturated rings. The van der Waals surface area contributed by atoms with Crippen molar-refractivity contribution in [2.75, 3.05) is 17.7 Å². The molecule has 29 heavy (non-hydrogen) atoms. The molecule has 1 aromatic heterocycles. The van der Waals surface area contributed by atoms with Gasteiger partial charge in [0.15, 0.2) is 0 Å². The van der Waals surface area contributed by atoms with Gasteiger partial charge in [-0.1, -0.05) is 42.5 Å². The smallest absolute Gasteiger partial charge is 0.229 e. The maximum Gasteiger partial charge on any atom is 0.229 e. The van der Waals surface area contributed by atoms with Crippen molar-refractivity contribution in [3.05, 3.63) is 83.4 Å². The fraction of sp³-hybridized carbons (Fsp3) is 0.167. The second kappa shape index (κ2) is 8.19. The highest BCUT2D eigenvalue weighted by atomic mass is 16.5. The van der Waals surface area contributed by atoms with E-state index in [9.17, 15) is 0 Å². The molecule has 3 aromatic carbocycles. The monoisotopic (exact) mass is 384 g/mol. The Balaban J connectivity index is 1.68. The topological polar surface area (TPSA) is 59.1 Å². The largest absolute Gasteiger partial charge is 0.496 e.